The highest BCUT2D eigenvalue weighted by Gasteiger charge is 2.15. The van der Waals surface area contributed by atoms with E-state index >= 15 is 0 Å². The highest BCUT2D eigenvalue weighted by atomic mass is 32.2. The molecule has 0 atom stereocenters. The Morgan fingerprint density at radius 2 is 2.00 bits per heavy atom. The van der Waals surface area contributed by atoms with Crippen LogP contribution in [-0.2, 0) is 16.6 Å². The zero-order chi connectivity index (χ0) is 11.6. The quantitative estimate of drug-likeness (QED) is 0.837. The minimum Gasteiger partial charge on any atom is -0.392 e. The molecule has 0 fully saturated rings. The Hall–Kier alpha value is -1.07. The lowest BCUT2D eigenvalue weighted by molar-refractivity contribution is 0.281. The molecule has 0 unspecified atom stereocenters. The van der Waals surface area contributed by atoms with Crippen LogP contribution < -0.4 is 4.31 Å². The summed E-state index contributed by atoms with van der Waals surface area (Å²) in [6.45, 7) is 1.67. The molecule has 0 amide bonds. The first-order chi connectivity index (χ1) is 6.88. The highest BCUT2D eigenvalue weighted by Crippen LogP contribution is 2.24. The number of sulfonamides is 1. The van der Waals surface area contributed by atoms with Gasteiger partial charge in [0.25, 0.3) is 0 Å². The Kier molecular flexibility index (Phi) is 3.36. The summed E-state index contributed by atoms with van der Waals surface area (Å²) in [5, 5.41) is 9.19. The lowest BCUT2D eigenvalue weighted by Crippen LogP contribution is -2.26. The van der Waals surface area contributed by atoms with Gasteiger partial charge < -0.3 is 5.11 Å². The molecule has 1 rings (SSSR count). The van der Waals surface area contributed by atoms with Crippen molar-refractivity contribution in [1.29, 1.82) is 0 Å². The van der Waals surface area contributed by atoms with Gasteiger partial charge in [-0.05, 0) is 18.6 Å². The fourth-order valence-corrected chi connectivity index (χ4v) is 1.89. The van der Waals surface area contributed by atoms with E-state index in [1.807, 2.05) is 13.0 Å². The van der Waals surface area contributed by atoms with Crippen LogP contribution in [0.25, 0.3) is 0 Å². The number of aliphatic hydroxyl groups is 1. The number of aryl methyl sites for hydroxylation is 1. The fraction of sp³-hybridized carbons (Fsp3) is 0.400. The van der Waals surface area contributed by atoms with Gasteiger partial charge in [0.2, 0.25) is 10.0 Å². The van der Waals surface area contributed by atoms with Gasteiger partial charge in [-0.1, -0.05) is 12.1 Å². The van der Waals surface area contributed by atoms with Gasteiger partial charge in [-0.15, -0.1) is 0 Å². The van der Waals surface area contributed by atoms with Gasteiger partial charge in [0.05, 0.1) is 18.6 Å². The van der Waals surface area contributed by atoms with Crippen molar-refractivity contribution >= 4 is 15.7 Å². The maximum atomic E-state index is 11.4. The maximum absolute atomic E-state index is 11.4. The van der Waals surface area contributed by atoms with Crippen molar-refractivity contribution in [3.8, 4) is 0 Å². The zero-order valence-electron chi connectivity index (χ0n) is 9.06. The normalized spacial score (nSPS) is 11.5. The van der Waals surface area contributed by atoms with Crippen LogP contribution in [0.15, 0.2) is 18.2 Å². The predicted octanol–water partition coefficient (Wildman–Crippen LogP) is 0.883. The second-order valence-corrected chi connectivity index (χ2v) is 5.47. The van der Waals surface area contributed by atoms with E-state index < -0.39 is 10.0 Å². The molecule has 0 aliphatic heterocycles. The third-order valence-corrected chi connectivity index (χ3v) is 3.57. The van der Waals surface area contributed by atoms with E-state index in [4.69, 9.17) is 0 Å². The number of rotatable bonds is 3. The van der Waals surface area contributed by atoms with Crippen molar-refractivity contribution in [3.63, 3.8) is 0 Å². The second-order valence-electron chi connectivity index (χ2n) is 3.46. The predicted molar refractivity (Wildman–Crippen MR) is 60.3 cm³/mol. The van der Waals surface area contributed by atoms with E-state index in [1.165, 1.54) is 11.4 Å². The number of hydrogen-bond donors (Lipinski definition) is 1. The van der Waals surface area contributed by atoms with Crippen LogP contribution in [0.5, 0.6) is 0 Å². The largest absolute Gasteiger partial charge is 0.392 e. The second kappa shape index (κ2) is 4.20. The summed E-state index contributed by atoms with van der Waals surface area (Å²) >= 11 is 0. The first kappa shape index (κ1) is 12.0. The molecule has 5 heteroatoms. The topological polar surface area (TPSA) is 57.6 Å². The van der Waals surface area contributed by atoms with E-state index in [1.54, 1.807) is 12.1 Å². The summed E-state index contributed by atoms with van der Waals surface area (Å²) in [6, 6.07) is 5.29. The Morgan fingerprint density at radius 1 is 1.40 bits per heavy atom. The van der Waals surface area contributed by atoms with Crippen LogP contribution in [-0.4, -0.2) is 26.8 Å². The Bertz CT molecular complexity index is 454. The van der Waals surface area contributed by atoms with E-state index in [2.05, 4.69) is 0 Å². The average Bonchev–Trinajstić information content (AvgIpc) is 2.14. The maximum Gasteiger partial charge on any atom is 0.232 e. The minimum atomic E-state index is -3.28. The van der Waals surface area contributed by atoms with E-state index in [0.29, 0.717) is 11.3 Å². The lowest BCUT2D eigenvalue weighted by atomic mass is 10.1. The van der Waals surface area contributed by atoms with Gasteiger partial charge in [0.1, 0.15) is 0 Å². The van der Waals surface area contributed by atoms with Crippen molar-refractivity contribution in [2.24, 2.45) is 0 Å². The average molecular weight is 229 g/mol. The van der Waals surface area contributed by atoms with E-state index in [9.17, 15) is 13.5 Å². The smallest absolute Gasteiger partial charge is 0.232 e. The summed E-state index contributed by atoms with van der Waals surface area (Å²) in [4.78, 5) is 0. The van der Waals surface area contributed by atoms with E-state index in [0.717, 1.165) is 11.8 Å². The van der Waals surface area contributed by atoms with E-state index in [-0.39, 0.29) is 6.61 Å². The number of aliphatic hydroxyl groups excluding tert-OH is 1. The lowest BCUT2D eigenvalue weighted by Gasteiger charge is -2.20. The molecular weight excluding hydrogens is 214 g/mol. The molecule has 0 aliphatic carbocycles. The van der Waals surface area contributed by atoms with Gasteiger partial charge in [0, 0.05) is 12.6 Å². The van der Waals surface area contributed by atoms with Gasteiger partial charge in [-0.2, -0.15) is 0 Å². The summed E-state index contributed by atoms with van der Waals surface area (Å²) in [5.41, 5.74) is 2.05. The molecule has 0 bridgehead atoms. The van der Waals surface area contributed by atoms with Crippen LogP contribution in [0, 0.1) is 6.92 Å². The number of nitrogens with zero attached hydrogens (tertiary/aromatic N) is 1. The van der Waals surface area contributed by atoms with Crippen molar-refractivity contribution in [3.05, 3.63) is 29.3 Å². The molecule has 1 aromatic rings. The van der Waals surface area contributed by atoms with Crippen LogP contribution >= 0.6 is 0 Å². The van der Waals surface area contributed by atoms with Crippen molar-refractivity contribution in [2.45, 2.75) is 13.5 Å². The van der Waals surface area contributed by atoms with Gasteiger partial charge in [-0.25, -0.2) is 8.42 Å². The third kappa shape index (κ3) is 2.49. The van der Waals surface area contributed by atoms with Crippen molar-refractivity contribution in [1.82, 2.24) is 0 Å². The number of benzene rings is 1. The molecule has 0 spiro atoms. The first-order valence-corrected chi connectivity index (χ1v) is 6.36. The molecule has 84 valence electrons. The summed E-state index contributed by atoms with van der Waals surface area (Å²) in [7, 11) is -1.81. The molecule has 1 N–H and O–H groups in total. The highest BCUT2D eigenvalue weighted by molar-refractivity contribution is 7.92. The molecule has 1 aromatic carbocycles. The van der Waals surface area contributed by atoms with Crippen LogP contribution in [0.4, 0.5) is 5.69 Å². The fourth-order valence-electron chi connectivity index (χ4n) is 1.37. The Morgan fingerprint density at radius 3 is 2.47 bits per heavy atom. The molecule has 0 aromatic heterocycles. The number of hydrogen-bond acceptors (Lipinski definition) is 3. The van der Waals surface area contributed by atoms with Crippen LogP contribution in [0.1, 0.15) is 11.1 Å². The Balaban J connectivity index is 3.32. The first-order valence-electron chi connectivity index (χ1n) is 4.51. The van der Waals surface area contributed by atoms with Gasteiger partial charge in [0.15, 0.2) is 0 Å². The molecule has 0 saturated heterocycles. The van der Waals surface area contributed by atoms with Crippen LogP contribution in [0.2, 0.25) is 0 Å². The van der Waals surface area contributed by atoms with Crippen LogP contribution in [0.3, 0.4) is 0 Å². The zero-order valence-corrected chi connectivity index (χ0v) is 9.87. The minimum absolute atomic E-state index is 0.165. The molecule has 15 heavy (non-hydrogen) atoms. The monoisotopic (exact) mass is 229 g/mol. The van der Waals surface area contributed by atoms with Gasteiger partial charge >= 0.3 is 0 Å². The number of anilines is 1. The summed E-state index contributed by atoms with van der Waals surface area (Å²) < 4.78 is 23.9. The molecule has 0 saturated carbocycles. The third-order valence-electron chi connectivity index (χ3n) is 2.38. The Labute approximate surface area is 90.2 Å². The summed E-state index contributed by atoms with van der Waals surface area (Å²) in [6.07, 6.45) is 1.14. The molecule has 0 heterocycles. The van der Waals surface area contributed by atoms with Gasteiger partial charge in [-0.3, -0.25) is 4.31 Å². The van der Waals surface area contributed by atoms with Crippen molar-refractivity contribution < 1.29 is 13.5 Å². The summed E-state index contributed by atoms with van der Waals surface area (Å²) in [5.74, 6) is 0. The molecule has 4 nitrogen and oxygen atoms in total. The standard InChI is InChI=1S/C10H15NO3S/c1-8-5-4-6-10(9(8)7-12)11(2)15(3,13)14/h4-6,12H,7H2,1-3H3. The molecule has 0 aliphatic rings. The van der Waals surface area contributed by atoms with Crippen molar-refractivity contribution in [2.75, 3.05) is 17.6 Å². The SMILES string of the molecule is Cc1cccc(N(C)S(C)(=O)=O)c1CO. The molecular formula is C10H15NO3S. The molecule has 0 radical (unpaired) electrons.